The average Bonchev–Trinajstić information content (AvgIpc) is 2.75. The lowest BCUT2D eigenvalue weighted by Crippen LogP contribution is -2.28. The van der Waals surface area contributed by atoms with E-state index in [4.69, 9.17) is 5.73 Å². The molecule has 2 aliphatic rings. The topological polar surface area (TPSA) is 67.5 Å². The minimum atomic E-state index is -0.554. The van der Waals surface area contributed by atoms with E-state index >= 15 is 0 Å². The number of hydrogen-bond donors (Lipinski definition) is 2. The van der Waals surface area contributed by atoms with Gasteiger partial charge in [-0.2, -0.15) is 5.10 Å². The molecule has 0 aromatic carbocycles. The highest BCUT2D eigenvalue weighted by atomic mass is 16.2. The molecule has 0 spiro atoms. The van der Waals surface area contributed by atoms with Crippen LogP contribution in [0.1, 0.15) is 51.4 Å². The molecule has 1 atom stereocenters. The Morgan fingerprint density at radius 1 is 1.19 bits per heavy atom. The molecule has 0 aliphatic heterocycles. The van der Waals surface area contributed by atoms with Gasteiger partial charge in [0, 0.05) is 11.6 Å². The van der Waals surface area contributed by atoms with Gasteiger partial charge in [0.1, 0.15) is 0 Å². The third-order valence-electron chi connectivity index (χ3n) is 3.90. The van der Waals surface area contributed by atoms with Gasteiger partial charge in [-0.05, 0) is 38.0 Å². The largest absolute Gasteiger partial charge is 0.350 e. The number of hydrazone groups is 1. The Bertz CT molecular complexity index is 282. The SMILES string of the molecule is NC(=O)N/N=C1/CCCC1C1CCCCC1. The van der Waals surface area contributed by atoms with E-state index in [1.54, 1.807) is 0 Å². The van der Waals surface area contributed by atoms with Gasteiger partial charge in [-0.1, -0.05) is 19.3 Å². The predicted octanol–water partition coefficient (Wildman–Crippen LogP) is 2.39. The van der Waals surface area contributed by atoms with E-state index in [9.17, 15) is 4.79 Å². The van der Waals surface area contributed by atoms with Gasteiger partial charge in [0.25, 0.3) is 0 Å². The van der Waals surface area contributed by atoms with Crippen molar-refractivity contribution in [3.63, 3.8) is 0 Å². The van der Waals surface area contributed by atoms with Crippen molar-refractivity contribution in [2.75, 3.05) is 0 Å². The highest BCUT2D eigenvalue weighted by molar-refractivity contribution is 5.89. The Labute approximate surface area is 96.7 Å². The number of nitrogens with two attached hydrogens (primary N) is 1. The van der Waals surface area contributed by atoms with Crippen LogP contribution in [0.3, 0.4) is 0 Å². The Hall–Kier alpha value is -1.06. The molecule has 2 aliphatic carbocycles. The van der Waals surface area contributed by atoms with Crippen molar-refractivity contribution in [1.82, 2.24) is 5.43 Å². The third kappa shape index (κ3) is 2.74. The van der Waals surface area contributed by atoms with Gasteiger partial charge in [-0.3, -0.25) is 0 Å². The number of amides is 2. The maximum absolute atomic E-state index is 10.6. The summed E-state index contributed by atoms with van der Waals surface area (Å²) in [5, 5.41) is 4.17. The summed E-state index contributed by atoms with van der Waals surface area (Å²) in [7, 11) is 0. The molecule has 3 N–H and O–H groups in total. The number of rotatable bonds is 2. The minimum absolute atomic E-state index is 0.554. The predicted molar refractivity (Wildman–Crippen MR) is 64.1 cm³/mol. The molecule has 0 saturated heterocycles. The Morgan fingerprint density at radius 3 is 2.62 bits per heavy atom. The van der Waals surface area contributed by atoms with Crippen LogP contribution in [0, 0.1) is 11.8 Å². The molecule has 0 bridgehead atoms. The van der Waals surface area contributed by atoms with E-state index in [-0.39, 0.29) is 0 Å². The highest BCUT2D eigenvalue weighted by Crippen LogP contribution is 2.37. The van der Waals surface area contributed by atoms with Crippen LogP contribution in [0.15, 0.2) is 5.10 Å². The Kier molecular flexibility index (Phi) is 3.80. The van der Waals surface area contributed by atoms with Crippen LogP contribution in [0.2, 0.25) is 0 Å². The molecule has 1 unspecified atom stereocenters. The minimum Gasteiger partial charge on any atom is -0.350 e. The first-order chi connectivity index (χ1) is 7.77. The van der Waals surface area contributed by atoms with Crippen LogP contribution in [0.25, 0.3) is 0 Å². The second-order valence-electron chi connectivity index (χ2n) is 4.98. The molecule has 2 saturated carbocycles. The second kappa shape index (κ2) is 5.32. The molecule has 16 heavy (non-hydrogen) atoms. The van der Waals surface area contributed by atoms with Crippen LogP contribution in [-0.4, -0.2) is 11.7 Å². The maximum Gasteiger partial charge on any atom is 0.332 e. The zero-order valence-corrected chi connectivity index (χ0v) is 9.74. The molecule has 4 nitrogen and oxygen atoms in total. The normalized spacial score (nSPS) is 29.5. The van der Waals surface area contributed by atoms with Gasteiger partial charge >= 0.3 is 6.03 Å². The molecule has 0 aromatic rings. The van der Waals surface area contributed by atoms with Gasteiger partial charge in [0.05, 0.1) is 0 Å². The number of hydrogen-bond acceptors (Lipinski definition) is 2. The van der Waals surface area contributed by atoms with Crippen molar-refractivity contribution in [1.29, 1.82) is 0 Å². The first kappa shape index (κ1) is 11.4. The summed E-state index contributed by atoms with van der Waals surface area (Å²) < 4.78 is 0. The quantitative estimate of drug-likeness (QED) is 0.693. The first-order valence-corrected chi connectivity index (χ1v) is 6.39. The van der Waals surface area contributed by atoms with Crippen molar-refractivity contribution in [2.45, 2.75) is 51.4 Å². The first-order valence-electron chi connectivity index (χ1n) is 6.39. The van der Waals surface area contributed by atoms with Gasteiger partial charge in [0.2, 0.25) is 0 Å². The lowest BCUT2D eigenvalue weighted by atomic mass is 9.78. The average molecular weight is 223 g/mol. The molecular weight excluding hydrogens is 202 g/mol. The van der Waals surface area contributed by atoms with E-state index in [1.165, 1.54) is 50.7 Å². The zero-order chi connectivity index (χ0) is 11.4. The van der Waals surface area contributed by atoms with E-state index in [1.807, 2.05) is 0 Å². The number of primary amides is 1. The Balaban J connectivity index is 1.96. The molecule has 2 amide bonds. The summed E-state index contributed by atoms with van der Waals surface area (Å²) in [5.74, 6) is 1.40. The summed E-state index contributed by atoms with van der Waals surface area (Å²) in [6.07, 6.45) is 10.2. The van der Waals surface area contributed by atoms with E-state index < -0.39 is 6.03 Å². The molecule has 0 heterocycles. The molecule has 0 radical (unpaired) electrons. The van der Waals surface area contributed by atoms with Crippen LogP contribution in [0.4, 0.5) is 4.79 Å². The fraction of sp³-hybridized carbons (Fsp3) is 0.833. The maximum atomic E-state index is 10.6. The summed E-state index contributed by atoms with van der Waals surface area (Å²) in [6, 6.07) is -0.554. The molecule has 2 rings (SSSR count). The van der Waals surface area contributed by atoms with Crippen LogP contribution in [0.5, 0.6) is 0 Å². The van der Waals surface area contributed by atoms with E-state index in [2.05, 4.69) is 10.5 Å². The van der Waals surface area contributed by atoms with Gasteiger partial charge in [-0.25, -0.2) is 10.2 Å². The van der Waals surface area contributed by atoms with Crippen molar-refractivity contribution in [3.05, 3.63) is 0 Å². The third-order valence-corrected chi connectivity index (χ3v) is 3.90. The number of nitrogens with one attached hydrogen (secondary N) is 1. The Morgan fingerprint density at radius 2 is 1.94 bits per heavy atom. The molecule has 2 fully saturated rings. The number of carbonyl (C=O) groups is 1. The lowest BCUT2D eigenvalue weighted by molar-refractivity contribution is 0.249. The lowest BCUT2D eigenvalue weighted by Gasteiger charge is -2.27. The van der Waals surface area contributed by atoms with Crippen LogP contribution in [-0.2, 0) is 0 Å². The molecule has 4 heteroatoms. The van der Waals surface area contributed by atoms with Gasteiger partial charge < -0.3 is 5.73 Å². The van der Waals surface area contributed by atoms with Crippen LogP contribution < -0.4 is 11.2 Å². The summed E-state index contributed by atoms with van der Waals surface area (Å²) in [6.45, 7) is 0. The molecular formula is C12H21N3O. The van der Waals surface area contributed by atoms with Crippen molar-refractivity contribution >= 4 is 11.7 Å². The van der Waals surface area contributed by atoms with Crippen molar-refractivity contribution in [3.8, 4) is 0 Å². The number of carbonyl (C=O) groups excluding carboxylic acids is 1. The fourth-order valence-corrected chi connectivity index (χ4v) is 3.17. The highest BCUT2D eigenvalue weighted by Gasteiger charge is 2.31. The standard InChI is InChI=1S/C12H21N3O/c13-12(16)15-14-11-8-4-7-10(11)9-5-2-1-3-6-9/h9-10H,1-8H2,(H3,13,15,16)/b14-11-. The van der Waals surface area contributed by atoms with Crippen molar-refractivity contribution in [2.24, 2.45) is 22.7 Å². The van der Waals surface area contributed by atoms with Crippen molar-refractivity contribution < 1.29 is 4.79 Å². The van der Waals surface area contributed by atoms with E-state index in [0.29, 0.717) is 5.92 Å². The van der Waals surface area contributed by atoms with Gasteiger partial charge in [0.15, 0.2) is 0 Å². The van der Waals surface area contributed by atoms with Gasteiger partial charge in [-0.15, -0.1) is 0 Å². The van der Waals surface area contributed by atoms with E-state index in [0.717, 1.165) is 12.3 Å². The zero-order valence-electron chi connectivity index (χ0n) is 9.74. The van der Waals surface area contributed by atoms with Crippen LogP contribution >= 0.6 is 0 Å². The monoisotopic (exact) mass is 223 g/mol. The fourth-order valence-electron chi connectivity index (χ4n) is 3.17. The second-order valence-corrected chi connectivity index (χ2v) is 4.98. The summed E-state index contributed by atoms with van der Waals surface area (Å²) in [5.41, 5.74) is 8.59. The molecule has 90 valence electrons. The summed E-state index contributed by atoms with van der Waals surface area (Å²) in [4.78, 5) is 10.6. The summed E-state index contributed by atoms with van der Waals surface area (Å²) >= 11 is 0. The molecule has 0 aromatic heterocycles. The number of urea groups is 1. The smallest absolute Gasteiger partial charge is 0.332 e. The number of nitrogens with zero attached hydrogens (tertiary/aromatic N) is 1.